The standard InChI is InChI=1S/C27H35ClN2O2/c1-6-9-13-23(19(4)8-3)25-18-22(29-30-25)12-10-14-27(31)32-26(11-7-2)21-15-16-24(28)20(5)17-21/h6,8-9,13,15-18,26H,7,10-12,14H2,1-5H3,(H,29,30)/b9-6+,19-8-,23-13+. The number of aromatic amines is 1. The maximum atomic E-state index is 12.5. The van der Waals surface area contributed by atoms with Gasteiger partial charge in [0, 0.05) is 22.7 Å². The summed E-state index contributed by atoms with van der Waals surface area (Å²) in [6, 6.07) is 7.88. The summed E-state index contributed by atoms with van der Waals surface area (Å²) in [6.45, 7) is 10.2. The molecule has 0 spiro atoms. The van der Waals surface area contributed by atoms with E-state index < -0.39 is 0 Å². The molecule has 0 aliphatic carbocycles. The second-order valence-corrected chi connectivity index (χ2v) is 8.39. The Morgan fingerprint density at radius 3 is 2.72 bits per heavy atom. The van der Waals surface area contributed by atoms with E-state index in [0.29, 0.717) is 12.8 Å². The number of rotatable bonds is 11. The van der Waals surface area contributed by atoms with Crippen LogP contribution in [0.1, 0.15) is 82.0 Å². The summed E-state index contributed by atoms with van der Waals surface area (Å²) in [5.41, 5.74) is 6.18. The average Bonchev–Trinajstić information content (AvgIpc) is 3.24. The first kappa shape index (κ1) is 25.7. The zero-order valence-corrected chi connectivity index (χ0v) is 20.6. The molecule has 0 aliphatic heterocycles. The van der Waals surface area contributed by atoms with E-state index in [1.54, 1.807) is 0 Å². The van der Waals surface area contributed by atoms with Crippen LogP contribution in [0.25, 0.3) is 5.57 Å². The number of halogens is 1. The molecule has 1 atom stereocenters. The second-order valence-electron chi connectivity index (χ2n) is 7.99. The number of nitrogens with zero attached hydrogens (tertiary/aromatic N) is 1. The summed E-state index contributed by atoms with van der Waals surface area (Å²) in [5.74, 6) is -0.172. The molecular weight excluding hydrogens is 420 g/mol. The Morgan fingerprint density at radius 1 is 1.28 bits per heavy atom. The predicted octanol–water partition coefficient (Wildman–Crippen LogP) is 7.70. The number of carbonyl (C=O) groups is 1. The molecule has 1 N–H and O–H groups in total. The van der Waals surface area contributed by atoms with Crippen LogP contribution in [0.5, 0.6) is 0 Å². The van der Waals surface area contributed by atoms with E-state index in [2.05, 4.69) is 42.3 Å². The van der Waals surface area contributed by atoms with Crippen molar-refractivity contribution in [3.05, 3.63) is 81.7 Å². The summed E-state index contributed by atoms with van der Waals surface area (Å²) in [5, 5.41) is 8.30. The Balaban J connectivity index is 1.95. The molecule has 1 unspecified atom stereocenters. The van der Waals surface area contributed by atoms with E-state index in [1.165, 1.54) is 5.57 Å². The summed E-state index contributed by atoms with van der Waals surface area (Å²) in [4.78, 5) is 12.5. The molecular formula is C27H35ClN2O2. The third kappa shape index (κ3) is 7.52. The number of aryl methyl sites for hydroxylation is 2. The minimum absolute atomic E-state index is 0.172. The van der Waals surface area contributed by atoms with Crippen molar-refractivity contribution in [1.82, 2.24) is 10.2 Å². The van der Waals surface area contributed by atoms with Gasteiger partial charge in [0.1, 0.15) is 6.10 Å². The highest BCUT2D eigenvalue weighted by atomic mass is 35.5. The van der Waals surface area contributed by atoms with Gasteiger partial charge in [0.2, 0.25) is 0 Å². The zero-order valence-electron chi connectivity index (χ0n) is 19.9. The van der Waals surface area contributed by atoms with Gasteiger partial charge in [0.25, 0.3) is 0 Å². The van der Waals surface area contributed by atoms with Crippen LogP contribution in [0.4, 0.5) is 0 Å². The Bertz CT molecular complexity index is 985. The SMILES string of the molecule is C\C=C(C)/C(=C\C=C\C)c1cc(CCCC(=O)OC(CCC)c2ccc(Cl)c(C)c2)[nH]n1. The summed E-state index contributed by atoms with van der Waals surface area (Å²) < 4.78 is 5.81. The van der Waals surface area contributed by atoms with E-state index in [4.69, 9.17) is 16.3 Å². The fourth-order valence-corrected chi connectivity index (χ4v) is 3.58. The molecule has 0 aliphatic rings. The largest absolute Gasteiger partial charge is 0.457 e. The van der Waals surface area contributed by atoms with Crippen molar-refractivity contribution in [2.75, 3.05) is 0 Å². The number of hydrogen-bond donors (Lipinski definition) is 1. The number of ether oxygens (including phenoxy) is 1. The summed E-state index contributed by atoms with van der Waals surface area (Å²) in [6.07, 6.45) is 11.5. The maximum Gasteiger partial charge on any atom is 0.306 e. The first-order valence-corrected chi connectivity index (χ1v) is 11.7. The highest BCUT2D eigenvalue weighted by Crippen LogP contribution is 2.27. The molecule has 32 heavy (non-hydrogen) atoms. The lowest BCUT2D eigenvalue weighted by atomic mass is 10.0. The predicted molar refractivity (Wildman–Crippen MR) is 134 cm³/mol. The average molecular weight is 455 g/mol. The fourth-order valence-electron chi connectivity index (χ4n) is 3.46. The lowest BCUT2D eigenvalue weighted by Gasteiger charge is -2.18. The Labute approximate surface area is 197 Å². The van der Waals surface area contributed by atoms with Crippen molar-refractivity contribution in [1.29, 1.82) is 0 Å². The number of H-pyrrole nitrogens is 1. The lowest BCUT2D eigenvalue weighted by molar-refractivity contribution is -0.150. The van der Waals surface area contributed by atoms with Crippen LogP contribution in [0, 0.1) is 6.92 Å². The van der Waals surface area contributed by atoms with Crippen LogP contribution in [0.15, 0.2) is 54.1 Å². The molecule has 2 aromatic rings. The van der Waals surface area contributed by atoms with Crippen molar-refractivity contribution >= 4 is 23.1 Å². The van der Waals surface area contributed by atoms with Crippen LogP contribution < -0.4 is 0 Å². The smallest absolute Gasteiger partial charge is 0.306 e. The van der Waals surface area contributed by atoms with Crippen LogP contribution in [-0.2, 0) is 16.0 Å². The molecule has 172 valence electrons. The summed E-state index contributed by atoms with van der Waals surface area (Å²) >= 11 is 6.14. The maximum absolute atomic E-state index is 12.5. The lowest BCUT2D eigenvalue weighted by Crippen LogP contribution is -2.12. The van der Waals surface area contributed by atoms with Gasteiger partial charge >= 0.3 is 5.97 Å². The number of allylic oxidation sites excluding steroid dienone is 6. The number of esters is 1. The first-order chi connectivity index (χ1) is 15.4. The molecule has 0 fully saturated rings. The molecule has 0 amide bonds. The van der Waals surface area contributed by atoms with Crippen LogP contribution >= 0.6 is 11.6 Å². The van der Waals surface area contributed by atoms with Crippen molar-refractivity contribution in [3.8, 4) is 0 Å². The normalized spacial score (nSPS) is 13.6. The van der Waals surface area contributed by atoms with Gasteiger partial charge < -0.3 is 4.74 Å². The van der Waals surface area contributed by atoms with E-state index in [1.807, 2.05) is 51.1 Å². The Morgan fingerprint density at radius 2 is 2.06 bits per heavy atom. The van der Waals surface area contributed by atoms with Gasteiger partial charge in [-0.15, -0.1) is 0 Å². The molecule has 4 nitrogen and oxygen atoms in total. The highest BCUT2D eigenvalue weighted by Gasteiger charge is 2.17. The second kappa shape index (κ2) is 13.1. The molecule has 0 radical (unpaired) electrons. The molecule has 1 aromatic carbocycles. The number of hydrogen-bond acceptors (Lipinski definition) is 3. The van der Waals surface area contributed by atoms with Crippen LogP contribution in [0.2, 0.25) is 5.02 Å². The number of benzene rings is 1. The number of nitrogens with one attached hydrogen (secondary N) is 1. The Kier molecular flexibility index (Phi) is 10.5. The van der Waals surface area contributed by atoms with Gasteiger partial charge in [-0.2, -0.15) is 5.10 Å². The molecule has 1 aromatic heterocycles. The third-order valence-corrected chi connectivity index (χ3v) is 5.85. The van der Waals surface area contributed by atoms with Crippen molar-refractivity contribution < 1.29 is 9.53 Å². The van der Waals surface area contributed by atoms with Crippen LogP contribution in [-0.4, -0.2) is 16.2 Å². The topological polar surface area (TPSA) is 55.0 Å². The molecule has 5 heteroatoms. The minimum atomic E-state index is -0.231. The third-order valence-electron chi connectivity index (χ3n) is 5.43. The first-order valence-electron chi connectivity index (χ1n) is 11.4. The highest BCUT2D eigenvalue weighted by molar-refractivity contribution is 6.31. The van der Waals surface area contributed by atoms with Gasteiger partial charge in [-0.25, -0.2) is 0 Å². The van der Waals surface area contributed by atoms with E-state index in [-0.39, 0.29) is 12.1 Å². The van der Waals surface area contributed by atoms with Crippen molar-refractivity contribution in [3.63, 3.8) is 0 Å². The van der Waals surface area contributed by atoms with Gasteiger partial charge in [-0.05, 0) is 75.8 Å². The van der Waals surface area contributed by atoms with Gasteiger partial charge in [0.15, 0.2) is 0 Å². The molecule has 0 saturated heterocycles. The molecule has 2 rings (SSSR count). The van der Waals surface area contributed by atoms with Gasteiger partial charge in [-0.1, -0.05) is 61.4 Å². The fraction of sp³-hybridized carbons (Fsp3) is 0.407. The van der Waals surface area contributed by atoms with Crippen LogP contribution in [0.3, 0.4) is 0 Å². The van der Waals surface area contributed by atoms with Gasteiger partial charge in [-0.3, -0.25) is 9.89 Å². The zero-order chi connectivity index (χ0) is 23.5. The quantitative estimate of drug-likeness (QED) is 0.279. The van der Waals surface area contributed by atoms with Crippen molar-refractivity contribution in [2.45, 2.75) is 72.8 Å². The van der Waals surface area contributed by atoms with E-state index in [0.717, 1.165) is 52.4 Å². The molecule has 0 bridgehead atoms. The minimum Gasteiger partial charge on any atom is -0.457 e. The molecule has 0 saturated carbocycles. The number of carbonyl (C=O) groups excluding carboxylic acids is 1. The monoisotopic (exact) mass is 454 g/mol. The summed E-state index contributed by atoms with van der Waals surface area (Å²) in [7, 11) is 0. The van der Waals surface area contributed by atoms with Gasteiger partial charge in [0.05, 0.1) is 5.69 Å². The van der Waals surface area contributed by atoms with Crippen molar-refractivity contribution in [2.24, 2.45) is 0 Å². The van der Waals surface area contributed by atoms with E-state index >= 15 is 0 Å². The Hall–Kier alpha value is -2.59. The molecule has 1 heterocycles. The number of aromatic nitrogens is 2. The van der Waals surface area contributed by atoms with E-state index in [9.17, 15) is 4.79 Å².